The van der Waals surface area contributed by atoms with E-state index in [9.17, 15) is 26.3 Å². The van der Waals surface area contributed by atoms with E-state index in [1.54, 1.807) is 6.92 Å². The van der Waals surface area contributed by atoms with Gasteiger partial charge in [0.1, 0.15) is 0 Å². The number of rotatable bonds is 7. The van der Waals surface area contributed by atoms with E-state index < -0.39 is 36.5 Å². The number of likely N-dealkylation sites (tertiary alicyclic amines) is 2. The van der Waals surface area contributed by atoms with Crippen molar-refractivity contribution in [2.24, 2.45) is 23.7 Å². The normalized spacial score (nSPS) is 28.9. The average Bonchev–Trinajstić information content (AvgIpc) is 2.97. The Morgan fingerprint density at radius 1 is 0.705 bits per heavy atom. The van der Waals surface area contributed by atoms with Gasteiger partial charge in [0.2, 0.25) is 0 Å². The highest BCUT2D eigenvalue weighted by Crippen LogP contribution is 2.48. The highest BCUT2D eigenvalue weighted by molar-refractivity contribution is 5.07. The zero-order chi connectivity index (χ0) is 32.2. The van der Waals surface area contributed by atoms with Crippen LogP contribution in [-0.2, 0) is 0 Å². The molecule has 3 unspecified atom stereocenters. The Morgan fingerprint density at radius 2 is 1.18 bits per heavy atom. The van der Waals surface area contributed by atoms with E-state index in [-0.39, 0.29) is 12.8 Å². The van der Waals surface area contributed by atoms with Crippen LogP contribution in [0, 0.1) is 23.7 Å². The monoisotopic (exact) mass is 637 g/mol. The Hall–Kier alpha value is -0.960. The number of hydrogen-bond donors (Lipinski definition) is 1. The van der Waals surface area contributed by atoms with Crippen molar-refractivity contribution in [2.45, 2.75) is 153 Å². The summed E-state index contributed by atoms with van der Waals surface area (Å²) in [5.41, 5.74) is 1.26. The van der Waals surface area contributed by atoms with Crippen LogP contribution in [-0.4, -0.2) is 67.5 Å². The van der Waals surface area contributed by atoms with Crippen LogP contribution in [0.25, 0.3) is 0 Å². The molecular weight excluding hydrogens is 576 g/mol. The van der Waals surface area contributed by atoms with Crippen molar-refractivity contribution in [3.63, 3.8) is 0 Å². The summed E-state index contributed by atoms with van der Waals surface area (Å²) >= 11 is 0. The molecule has 2 heterocycles. The number of nitrogens with one attached hydrogen (secondary N) is 1. The van der Waals surface area contributed by atoms with Crippen molar-refractivity contribution in [3.05, 3.63) is 12.3 Å². The lowest BCUT2D eigenvalue weighted by atomic mass is 9.73. The van der Waals surface area contributed by atoms with Gasteiger partial charge in [0.15, 0.2) is 0 Å². The lowest BCUT2D eigenvalue weighted by Gasteiger charge is -2.45. The molecule has 9 heteroatoms. The number of hydrogen-bond acceptors (Lipinski definition) is 3. The second-order valence-electron chi connectivity index (χ2n) is 14.2. The number of nitrogens with zero attached hydrogens (tertiary/aromatic N) is 2. The van der Waals surface area contributed by atoms with Crippen LogP contribution in [0.15, 0.2) is 12.3 Å². The van der Waals surface area contributed by atoms with Crippen molar-refractivity contribution in [2.75, 3.05) is 33.2 Å². The summed E-state index contributed by atoms with van der Waals surface area (Å²) < 4.78 is 75.3. The number of halogens is 6. The van der Waals surface area contributed by atoms with Gasteiger partial charge < -0.3 is 10.2 Å². The van der Waals surface area contributed by atoms with Gasteiger partial charge in [0.25, 0.3) is 0 Å². The molecule has 3 atom stereocenters. The maximum absolute atomic E-state index is 12.5. The van der Waals surface area contributed by atoms with Crippen molar-refractivity contribution >= 4 is 0 Å². The van der Waals surface area contributed by atoms with Gasteiger partial charge in [0, 0.05) is 31.9 Å². The number of piperidine rings is 2. The molecule has 2 aliphatic heterocycles. The van der Waals surface area contributed by atoms with E-state index in [2.05, 4.69) is 28.7 Å². The summed E-state index contributed by atoms with van der Waals surface area (Å²) in [6.45, 7) is 11.4. The van der Waals surface area contributed by atoms with Gasteiger partial charge in [-0.3, -0.25) is 4.90 Å². The molecule has 0 radical (unpaired) electrons. The zero-order valence-corrected chi connectivity index (χ0v) is 27.6. The van der Waals surface area contributed by atoms with Crippen LogP contribution in [0.4, 0.5) is 26.3 Å². The van der Waals surface area contributed by atoms with E-state index in [0.717, 1.165) is 12.0 Å². The summed E-state index contributed by atoms with van der Waals surface area (Å²) in [5.74, 6) is -3.21. The van der Waals surface area contributed by atoms with Gasteiger partial charge in [-0.15, -0.1) is 0 Å². The molecule has 0 aromatic heterocycles. The van der Waals surface area contributed by atoms with Crippen LogP contribution in [0.1, 0.15) is 129 Å². The molecule has 5 fully saturated rings. The zero-order valence-electron chi connectivity index (χ0n) is 27.6. The number of likely N-dealkylation sites (N-methyl/N-ethyl adjacent to an activating group) is 1. The van der Waals surface area contributed by atoms with Crippen LogP contribution >= 0.6 is 0 Å². The highest BCUT2D eigenvalue weighted by Gasteiger charge is 2.51. The van der Waals surface area contributed by atoms with Crippen LogP contribution < -0.4 is 5.32 Å². The molecule has 3 aliphatic carbocycles. The Kier molecular flexibility index (Phi) is 15.7. The molecular formula is C35H61F6N3. The first-order valence-electron chi connectivity index (χ1n) is 17.9. The van der Waals surface area contributed by atoms with Crippen LogP contribution in [0.3, 0.4) is 0 Å². The second-order valence-corrected chi connectivity index (χ2v) is 14.2. The number of alkyl halides is 6. The summed E-state index contributed by atoms with van der Waals surface area (Å²) in [6.07, 6.45) is 11.0. The Balaban J connectivity index is 0.000000221. The summed E-state index contributed by atoms with van der Waals surface area (Å²) in [7, 11) is 2.05. The second kappa shape index (κ2) is 18.4. The third kappa shape index (κ3) is 12.0. The molecule has 44 heavy (non-hydrogen) atoms. The predicted octanol–water partition coefficient (Wildman–Crippen LogP) is 10.1. The minimum Gasteiger partial charge on any atom is -0.391 e. The Labute approximate surface area is 264 Å². The van der Waals surface area contributed by atoms with Crippen molar-refractivity contribution in [3.8, 4) is 0 Å². The summed E-state index contributed by atoms with van der Waals surface area (Å²) in [6, 6.07) is 1.42. The first-order chi connectivity index (χ1) is 20.9. The van der Waals surface area contributed by atoms with Crippen molar-refractivity contribution in [1.82, 2.24) is 15.1 Å². The van der Waals surface area contributed by atoms with Crippen LogP contribution in [0.2, 0.25) is 0 Å². The van der Waals surface area contributed by atoms with E-state index in [1.807, 2.05) is 0 Å². The quantitative estimate of drug-likeness (QED) is 0.280. The molecule has 0 aromatic rings. The standard InChI is InChI=1S/C20H37N3.C11H16F6.C4H8/c1-17(21-2)20(18-9-5-3-6-10-18)23-15-11-19(12-16-23)22-13-7-4-8-14-22;1-2-3-7-4-8(10(12,13)14)6-9(5-7)11(15,16)17;1-2-4-3-1/h18-21H,1,3-16H2,2H3;7-9H,2-6H2,1H3;1-4H2. The molecule has 0 aromatic carbocycles. The predicted molar refractivity (Wildman–Crippen MR) is 168 cm³/mol. The van der Waals surface area contributed by atoms with E-state index in [4.69, 9.17) is 0 Å². The van der Waals surface area contributed by atoms with E-state index >= 15 is 0 Å². The molecule has 0 spiro atoms. The minimum absolute atomic E-state index is 0.149. The molecule has 0 amide bonds. The first kappa shape index (κ1) is 37.5. The molecule has 1 N–H and O–H groups in total. The molecule has 3 saturated carbocycles. The van der Waals surface area contributed by atoms with Gasteiger partial charge in [-0.05, 0) is 82.7 Å². The van der Waals surface area contributed by atoms with Gasteiger partial charge in [0.05, 0.1) is 17.9 Å². The van der Waals surface area contributed by atoms with E-state index in [1.165, 1.54) is 122 Å². The molecule has 258 valence electrons. The maximum Gasteiger partial charge on any atom is 0.391 e. The lowest BCUT2D eigenvalue weighted by molar-refractivity contribution is -0.228. The van der Waals surface area contributed by atoms with Crippen molar-refractivity contribution < 1.29 is 26.3 Å². The third-order valence-corrected chi connectivity index (χ3v) is 11.0. The van der Waals surface area contributed by atoms with Gasteiger partial charge in [-0.25, -0.2) is 0 Å². The van der Waals surface area contributed by atoms with Gasteiger partial charge in [-0.2, -0.15) is 26.3 Å². The molecule has 5 rings (SSSR count). The summed E-state index contributed by atoms with van der Waals surface area (Å²) in [5, 5.41) is 3.39. The van der Waals surface area contributed by atoms with Crippen LogP contribution in [0.5, 0.6) is 0 Å². The fourth-order valence-corrected chi connectivity index (χ4v) is 8.08. The Bertz CT molecular complexity index is 765. The van der Waals surface area contributed by atoms with Gasteiger partial charge >= 0.3 is 12.4 Å². The van der Waals surface area contributed by atoms with E-state index in [0.29, 0.717) is 18.9 Å². The topological polar surface area (TPSA) is 18.5 Å². The molecule has 2 saturated heterocycles. The fourth-order valence-electron chi connectivity index (χ4n) is 8.08. The average molecular weight is 638 g/mol. The van der Waals surface area contributed by atoms with Gasteiger partial charge in [-0.1, -0.05) is 77.7 Å². The Morgan fingerprint density at radius 3 is 1.61 bits per heavy atom. The largest absolute Gasteiger partial charge is 0.391 e. The smallest absolute Gasteiger partial charge is 0.391 e. The fraction of sp³-hybridized carbons (Fsp3) is 0.943. The lowest BCUT2D eigenvalue weighted by Crippen LogP contribution is -2.52. The summed E-state index contributed by atoms with van der Waals surface area (Å²) in [4.78, 5) is 5.54. The SMILES string of the molecule is C1CCC1.C=C(NC)C(C1CCCCC1)N1CCC(N2CCCCC2)CC1.CCCC1CC(C(F)(F)F)CC(C(F)(F)F)C1. The molecule has 5 aliphatic rings. The minimum atomic E-state index is -4.50. The first-order valence-corrected chi connectivity index (χ1v) is 17.9. The molecule has 3 nitrogen and oxygen atoms in total. The molecule has 0 bridgehead atoms. The third-order valence-electron chi connectivity index (χ3n) is 11.0. The maximum atomic E-state index is 12.5. The highest BCUT2D eigenvalue weighted by atomic mass is 19.4. The van der Waals surface area contributed by atoms with Crippen molar-refractivity contribution in [1.29, 1.82) is 0 Å².